The van der Waals surface area contributed by atoms with Crippen molar-refractivity contribution >= 4 is 107 Å². The highest BCUT2D eigenvalue weighted by Crippen LogP contribution is 2.56. The molecule has 796 valence electrons. The van der Waals surface area contributed by atoms with E-state index < -0.39 is 62.1 Å². The Kier molecular flexibility index (Phi) is 44.0. The number of hydrogen-bond donors (Lipinski definition) is 0. The van der Waals surface area contributed by atoms with E-state index in [9.17, 15) is 9.59 Å². The number of esters is 2. The predicted octanol–water partition coefficient (Wildman–Crippen LogP) is 31.1. The summed E-state index contributed by atoms with van der Waals surface area (Å²) in [6.07, 6.45) is 25.1. The summed E-state index contributed by atoms with van der Waals surface area (Å²) in [4.78, 5) is 28.1. The molecule has 8 fully saturated rings. The van der Waals surface area contributed by atoms with E-state index in [4.69, 9.17) is 69.2 Å². The van der Waals surface area contributed by atoms with E-state index in [1.54, 1.807) is 7.11 Å². The van der Waals surface area contributed by atoms with E-state index in [0.717, 1.165) is 124 Å². The Bertz CT molecular complexity index is 3970. The van der Waals surface area contributed by atoms with Gasteiger partial charge in [-0.15, -0.1) is 0 Å². The number of allylic oxidation sites excluding steroid dienone is 2. The van der Waals surface area contributed by atoms with Gasteiger partial charge in [-0.2, -0.15) is 0 Å². The number of rotatable bonds is 40. The lowest BCUT2D eigenvalue weighted by Gasteiger charge is -2.56. The van der Waals surface area contributed by atoms with E-state index in [1.807, 2.05) is 60.7 Å². The van der Waals surface area contributed by atoms with Crippen molar-refractivity contribution < 1.29 is 78.8 Å². The number of fused-ring (bicyclic) bond motifs is 4. The van der Waals surface area contributed by atoms with Crippen molar-refractivity contribution in [2.24, 2.45) is 35.5 Å². The minimum atomic E-state index is -2.41. The topological polar surface area (TPSA) is 173 Å². The summed E-state index contributed by atoms with van der Waals surface area (Å²) in [5.74, 6) is 0.678. The zero-order valence-electron chi connectivity index (χ0n) is 93.3. The fraction of sp³-hybridized carbons (Fsp3) is 0.807. The SMILES string of the molecule is C.C=C(C)[C@H](C)C[C@H]1CC[C@@H]2O[C@@H](CCC(/C=C/[C@H](O[Si](C)(C)C(C)(C)C)[C@@H]3C[C@H]4CC[C@H](CCC)O[C@@H]4[C@H](O[Si](C)(C)C(C)(C)C)[C@@H]3O[Si](C)(C)C(C)(C)C)OC(=O)c3ccccc3)C[C@]2(CI)O1.C=C(C)[C@H](C)C[C@H]1CC[C@@H]2O[C@@H](CCC(/C=C/[C@H](O[Si](C)(C)C(C)(C)C)[C@@H]3C[C@H]4CC[C@H](COC)O[C@@H]4[C@H](O[Si](C)(C)C(C)(C)C)[C@@H]3O[Si](C)(C)C(C)(C)C)OC(=O)c3ccccc3)C[C@]2(CI)O1. The smallest absolute Gasteiger partial charge is 0.338 e. The van der Waals surface area contributed by atoms with Crippen molar-refractivity contribution in [1.29, 1.82) is 0 Å². The summed E-state index contributed by atoms with van der Waals surface area (Å²) < 4.78 is 109. The van der Waals surface area contributed by atoms with Crippen molar-refractivity contribution in [3.05, 3.63) is 120 Å². The number of alkyl halides is 2. The molecule has 0 N–H and O–H groups in total. The molecule has 0 radical (unpaired) electrons. The molecule has 25 heteroatoms. The summed E-state index contributed by atoms with van der Waals surface area (Å²) in [5.41, 5.74) is 2.87. The Labute approximate surface area is 881 Å². The molecule has 2 aromatic carbocycles. The molecule has 8 aliphatic rings. The Morgan fingerprint density at radius 3 is 1.06 bits per heavy atom. The fourth-order valence-electron chi connectivity index (χ4n) is 20.2. The molecule has 2 aromatic rings. The zero-order valence-corrected chi connectivity index (χ0v) is 104. The lowest BCUT2D eigenvalue weighted by atomic mass is 9.70. The van der Waals surface area contributed by atoms with Gasteiger partial charge in [-0.1, -0.05) is 277 Å². The van der Waals surface area contributed by atoms with Crippen molar-refractivity contribution in [2.75, 3.05) is 22.6 Å². The molecular formula is C114H200I2O17Si6. The van der Waals surface area contributed by atoms with E-state index in [-0.39, 0.29) is 176 Å². The molecular weight excluding hydrogens is 2060 g/mol. The summed E-state index contributed by atoms with van der Waals surface area (Å²) >= 11 is 5.01. The average Bonchev–Trinajstić information content (AvgIpc) is 1.06. The minimum absolute atomic E-state index is 0. The fourth-order valence-corrected chi connectivity index (χ4v) is 30.0. The van der Waals surface area contributed by atoms with Crippen LogP contribution >= 0.6 is 45.2 Å². The monoisotopic (exact) mass is 2260 g/mol. The lowest BCUT2D eigenvalue weighted by molar-refractivity contribution is -0.202. The largest absolute Gasteiger partial charge is 0.455 e. The van der Waals surface area contributed by atoms with Crippen LogP contribution < -0.4 is 0 Å². The van der Waals surface area contributed by atoms with Gasteiger partial charge in [-0.25, -0.2) is 9.59 Å². The molecule has 17 nitrogen and oxygen atoms in total. The first kappa shape index (κ1) is 123. The molecule has 6 aliphatic heterocycles. The maximum absolute atomic E-state index is 14.0. The third-order valence-electron chi connectivity index (χ3n) is 35.7. The zero-order chi connectivity index (χ0) is 103. The van der Waals surface area contributed by atoms with Crippen LogP contribution in [0.3, 0.4) is 0 Å². The van der Waals surface area contributed by atoms with Crippen molar-refractivity contribution in [3.8, 4) is 0 Å². The van der Waals surface area contributed by atoms with Crippen LogP contribution in [0.25, 0.3) is 0 Å². The summed E-state index contributed by atoms with van der Waals surface area (Å²) in [5, 5.41) is -0.207. The Morgan fingerprint density at radius 1 is 0.432 bits per heavy atom. The van der Waals surface area contributed by atoms with Gasteiger partial charge < -0.3 is 69.2 Å². The third-order valence-corrected chi connectivity index (χ3v) is 65.1. The van der Waals surface area contributed by atoms with Gasteiger partial charge in [0.25, 0.3) is 0 Å². The standard InChI is InChI=1S/C57H99IO8Si3.C56H97IO9Si3.CH4/c1-20-24-43-28-27-42-36-47(51(65-68(16,17)55(8,9)10)52(50(42)61-43)66-69(18,19)56(11,12)13)48(64-67(14,15)54(5,6)7)33-31-44(62-53(59)41-25-22-21-23-26-41)29-30-46-37-57(38-58)49(60-46)34-32-45(63-57)35-40(4)39(2)3;1-38(2)39(3)33-43-30-32-48-56(37-57,63-43)35-44(60-48)28-27-42(62-52(58)40-23-21-20-22-24-40)29-31-47(64-67(14,15)53(4,5)6)46-34-41-25-26-45(36-59-13)61-49(41)51(66-69(18,19)55(10,11)12)50(46)65-68(16,17)54(7,8)9;/h21-23,25-26,31,33,40,42-52H,2,20,24,27-30,32,34-38H2,1,3-19H3;20-24,29,31,39,41-51H,1,25-28,30,32-37H2,2-19H3;1H4/b33-31+;31-29+;/t40-,42-,43+,44?,45-,46+,47+,48+,49+,50+,51-,52+,57-;39-,41-,42?,43-,44+,45-,46+,47+,48+,49+,50-,51+,56-;/m11./s1. The van der Waals surface area contributed by atoms with Crippen LogP contribution in [0.2, 0.25) is 109 Å². The number of carbonyl (C=O) groups excluding carboxylic acids is 2. The second-order valence-corrected chi connectivity index (χ2v) is 82.7. The predicted molar refractivity (Wildman–Crippen MR) is 608 cm³/mol. The highest BCUT2D eigenvalue weighted by Gasteiger charge is 2.62. The van der Waals surface area contributed by atoms with Crippen LogP contribution in [0.15, 0.2) is 109 Å². The highest BCUT2D eigenvalue weighted by molar-refractivity contribution is 14.1. The Hall–Kier alpha value is -1.42. The van der Waals surface area contributed by atoms with Crippen LogP contribution in [0.4, 0.5) is 0 Å². The number of benzene rings is 2. The van der Waals surface area contributed by atoms with Crippen LogP contribution in [0.1, 0.15) is 316 Å². The summed E-state index contributed by atoms with van der Waals surface area (Å²) in [6.45, 7) is 90.4. The first-order valence-electron chi connectivity index (χ1n) is 53.5. The summed E-state index contributed by atoms with van der Waals surface area (Å²) in [6, 6.07) is 18.8. The van der Waals surface area contributed by atoms with Gasteiger partial charge in [0, 0.05) is 40.6 Å². The lowest BCUT2D eigenvalue weighted by Crippen LogP contribution is -2.65. The summed E-state index contributed by atoms with van der Waals surface area (Å²) in [7, 11) is -12.5. The third kappa shape index (κ3) is 31.9. The molecule has 26 atom stereocenters. The molecule has 2 unspecified atom stereocenters. The van der Waals surface area contributed by atoms with Crippen LogP contribution in [0.5, 0.6) is 0 Å². The number of halogens is 2. The van der Waals surface area contributed by atoms with Gasteiger partial charge in [0.05, 0.1) is 115 Å². The van der Waals surface area contributed by atoms with Gasteiger partial charge in [-0.3, -0.25) is 0 Å². The van der Waals surface area contributed by atoms with Gasteiger partial charge in [0.2, 0.25) is 0 Å². The van der Waals surface area contributed by atoms with Crippen molar-refractivity contribution in [3.63, 3.8) is 0 Å². The number of ether oxygens (including phenoxy) is 9. The van der Waals surface area contributed by atoms with E-state index in [2.05, 4.69) is 320 Å². The molecule has 6 saturated heterocycles. The minimum Gasteiger partial charge on any atom is -0.455 e. The first-order valence-corrected chi connectivity index (χ1v) is 74.0. The molecule has 6 heterocycles. The van der Waals surface area contributed by atoms with Gasteiger partial charge in [-0.05, 0) is 292 Å². The van der Waals surface area contributed by atoms with Crippen LogP contribution in [-0.2, 0) is 69.2 Å². The molecule has 0 amide bonds. The Balaban J connectivity index is 0.000000338. The molecule has 0 bridgehead atoms. The molecule has 139 heavy (non-hydrogen) atoms. The van der Waals surface area contributed by atoms with Crippen LogP contribution in [-0.4, -0.2) is 205 Å². The van der Waals surface area contributed by atoms with E-state index >= 15 is 0 Å². The van der Waals surface area contributed by atoms with Crippen molar-refractivity contribution in [2.45, 2.75) is 525 Å². The maximum atomic E-state index is 14.0. The van der Waals surface area contributed by atoms with Gasteiger partial charge in [0.1, 0.15) is 23.4 Å². The highest BCUT2D eigenvalue weighted by atomic mass is 127. The first-order chi connectivity index (χ1) is 63.7. The number of carbonyl (C=O) groups is 2. The molecule has 10 rings (SSSR count). The quantitative estimate of drug-likeness (QED) is 0.0202. The number of methoxy groups -OCH3 is 1. The van der Waals surface area contributed by atoms with Gasteiger partial charge >= 0.3 is 11.9 Å². The maximum Gasteiger partial charge on any atom is 0.338 e. The second-order valence-electron chi connectivity index (χ2n) is 52.7. The van der Waals surface area contributed by atoms with Crippen molar-refractivity contribution in [1.82, 2.24) is 0 Å². The average molecular weight is 2270 g/mol. The molecule has 0 aromatic heterocycles. The van der Waals surface area contributed by atoms with E-state index in [1.165, 1.54) is 11.1 Å². The molecule has 0 spiro atoms. The molecule has 2 aliphatic carbocycles. The second kappa shape index (κ2) is 49.8. The van der Waals surface area contributed by atoms with Gasteiger partial charge in [0.15, 0.2) is 49.9 Å². The number of hydrogen-bond acceptors (Lipinski definition) is 17. The molecule has 2 saturated carbocycles. The normalized spacial score (nSPS) is 30.7. The van der Waals surface area contributed by atoms with E-state index in [0.29, 0.717) is 48.3 Å². The Morgan fingerprint density at radius 2 is 0.748 bits per heavy atom. The van der Waals surface area contributed by atoms with Crippen LogP contribution in [0, 0.1) is 35.5 Å².